The minimum Gasteiger partial charge on any atom is -0.317 e. The maximum Gasteiger partial charge on any atom is 0.00357 e. The molecule has 74 valence electrons. The van der Waals surface area contributed by atoms with Gasteiger partial charge in [0.15, 0.2) is 0 Å². The summed E-state index contributed by atoms with van der Waals surface area (Å²) in [5.41, 5.74) is 0. The zero-order valence-corrected chi connectivity index (χ0v) is 9.54. The molecule has 0 aliphatic heterocycles. The maximum absolute atomic E-state index is 3.26. The Morgan fingerprint density at radius 2 is 2.00 bits per heavy atom. The van der Waals surface area contributed by atoms with Gasteiger partial charge in [-0.1, -0.05) is 19.8 Å². The smallest absolute Gasteiger partial charge is 0.00357 e. The van der Waals surface area contributed by atoms with Crippen molar-refractivity contribution in [1.29, 1.82) is 0 Å². The van der Waals surface area contributed by atoms with Crippen LogP contribution in [0.25, 0.3) is 0 Å². The van der Waals surface area contributed by atoms with E-state index in [-0.39, 0.29) is 0 Å². The predicted octanol–water partition coefficient (Wildman–Crippen LogP) is 2.91. The van der Waals surface area contributed by atoms with Crippen molar-refractivity contribution in [3.63, 3.8) is 0 Å². The van der Waals surface area contributed by atoms with Gasteiger partial charge in [-0.25, -0.2) is 0 Å². The van der Waals surface area contributed by atoms with Gasteiger partial charge in [-0.3, -0.25) is 0 Å². The van der Waals surface area contributed by atoms with Gasteiger partial charge in [0.1, 0.15) is 0 Å². The molecule has 1 N–H and O–H groups in total. The number of rotatable bonds is 8. The lowest BCUT2D eigenvalue weighted by molar-refractivity contribution is 0.526. The van der Waals surface area contributed by atoms with Crippen LogP contribution in [0.1, 0.15) is 39.5 Å². The summed E-state index contributed by atoms with van der Waals surface area (Å²) in [5, 5.41) is 3.26. The molecule has 0 radical (unpaired) electrons. The first-order chi connectivity index (χ1) is 5.81. The Bertz CT molecular complexity index is 85.9. The van der Waals surface area contributed by atoms with E-state index in [2.05, 4.69) is 30.9 Å². The molecule has 2 heteroatoms. The molecule has 0 heterocycles. The van der Waals surface area contributed by atoms with Crippen LogP contribution in [0.15, 0.2) is 0 Å². The Hall–Kier alpha value is 0.310. The summed E-state index contributed by atoms with van der Waals surface area (Å²) in [5.74, 6) is 2.62. The summed E-state index contributed by atoms with van der Waals surface area (Å²) in [6, 6.07) is 0.698. The summed E-state index contributed by atoms with van der Waals surface area (Å²) in [6.45, 7) is 4.48. The van der Waals surface area contributed by atoms with Gasteiger partial charge in [-0.05, 0) is 38.3 Å². The molecular weight excluding hydrogens is 166 g/mol. The first-order valence-electron chi connectivity index (χ1n) is 5.06. The quantitative estimate of drug-likeness (QED) is 0.589. The molecule has 0 aromatic rings. The second kappa shape index (κ2) is 9.40. The van der Waals surface area contributed by atoms with Crippen LogP contribution in [-0.2, 0) is 0 Å². The highest BCUT2D eigenvalue weighted by Gasteiger charge is 1.96. The van der Waals surface area contributed by atoms with Crippen molar-refractivity contribution >= 4 is 11.8 Å². The van der Waals surface area contributed by atoms with Crippen molar-refractivity contribution < 1.29 is 0 Å². The van der Waals surface area contributed by atoms with E-state index in [0.29, 0.717) is 6.04 Å². The second-order valence-corrected chi connectivity index (χ2v) is 4.63. The van der Waals surface area contributed by atoms with Crippen LogP contribution in [0.5, 0.6) is 0 Å². The molecule has 1 nitrogen and oxygen atoms in total. The third kappa shape index (κ3) is 8.41. The first-order valence-corrected chi connectivity index (χ1v) is 6.21. The van der Waals surface area contributed by atoms with Gasteiger partial charge in [-0.2, -0.15) is 11.8 Å². The van der Waals surface area contributed by atoms with Crippen LogP contribution in [0.2, 0.25) is 0 Å². The number of hydrogen-bond donors (Lipinski definition) is 1. The van der Waals surface area contributed by atoms with Crippen LogP contribution < -0.4 is 5.32 Å². The number of thioether (sulfide) groups is 1. The third-order valence-corrected chi connectivity index (χ3v) is 3.11. The van der Waals surface area contributed by atoms with Gasteiger partial charge in [0.2, 0.25) is 0 Å². The average Bonchev–Trinajstić information content (AvgIpc) is 2.10. The summed E-state index contributed by atoms with van der Waals surface area (Å²) in [4.78, 5) is 0. The molecule has 0 spiro atoms. The van der Waals surface area contributed by atoms with Crippen molar-refractivity contribution in [3.05, 3.63) is 0 Å². The summed E-state index contributed by atoms with van der Waals surface area (Å²) in [7, 11) is 2.04. The normalized spacial score (nSPS) is 13.2. The lowest BCUT2D eigenvalue weighted by Crippen LogP contribution is -2.20. The van der Waals surface area contributed by atoms with Crippen LogP contribution in [-0.4, -0.2) is 24.6 Å². The minimum atomic E-state index is 0.698. The zero-order chi connectivity index (χ0) is 9.23. The van der Waals surface area contributed by atoms with Gasteiger partial charge in [0.05, 0.1) is 0 Å². The van der Waals surface area contributed by atoms with Crippen LogP contribution in [0.3, 0.4) is 0 Å². The van der Waals surface area contributed by atoms with Crippen molar-refractivity contribution in [2.45, 2.75) is 45.6 Å². The van der Waals surface area contributed by atoms with Gasteiger partial charge in [0.25, 0.3) is 0 Å². The molecule has 0 saturated heterocycles. The summed E-state index contributed by atoms with van der Waals surface area (Å²) >= 11 is 2.06. The minimum absolute atomic E-state index is 0.698. The lowest BCUT2D eigenvalue weighted by Gasteiger charge is -2.08. The monoisotopic (exact) mass is 189 g/mol. The molecule has 0 fully saturated rings. The van der Waals surface area contributed by atoms with E-state index >= 15 is 0 Å². The predicted molar refractivity (Wildman–Crippen MR) is 60.0 cm³/mol. The van der Waals surface area contributed by atoms with Gasteiger partial charge in [-0.15, -0.1) is 0 Å². The third-order valence-electron chi connectivity index (χ3n) is 2.12. The fourth-order valence-corrected chi connectivity index (χ4v) is 1.82. The van der Waals surface area contributed by atoms with Crippen LogP contribution in [0.4, 0.5) is 0 Å². The fourth-order valence-electron chi connectivity index (χ4n) is 1.12. The highest BCUT2D eigenvalue weighted by Crippen LogP contribution is 2.08. The molecule has 1 atom stereocenters. The summed E-state index contributed by atoms with van der Waals surface area (Å²) < 4.78 is 0. The topological polar surface area (TPSA) is 12.0 Å². The molecule has 0 aliphatic rings. The Balaban J connectivity index is 2.90. The number of nitrogens with one attached hydrogen (secondary N) is 1. The largest absolute Gasteiger partial charge is 0.317 e. The van der Waals surface area contributed by atoms with E-state index < -0.39 is 0 Å². The SMILES string of the molecule is CCSCCCCCC(C)NC. The Labute approximate surface area is 81.7 Å². The van der Waals surface area contributed by atoms with E-state index in [4.69, 9.17) is 0 Å². The molecule has 0 aliphatic carbocycles. The molecule has 0 bridgehead atoms. The van der Waals surface area contributed by atoms with Crippen molar-refractivity contribution in [2.24, 2.45) is 0 Å². The molecule has 0 rings (SSSR count). The van der Waals surface area contributed by atoms with Gasteiger partial charge < -0.3 is 5.32 Å². The average molecular weight is 189 g/mol. The lowest BCUT2D eigenvalue weighted by atomic mass is 10.1. The van der Waals surface area contributed by atoms with Crippen molar-refractivity contribution in [3.8, 4) is 0 Å². The van der Waals surface area contributed by atoms with Crippen molar-refractivity contribution in [1.82, 2.24) is 5.32 Å². The molecule has 12 heavy (non-hydrogen) atoms. The fraction of sp³-hybridized carbons (Fsp3) is 1.00. The van der Waals surface area contributed by atoms with Crippen LogP contribution in [0, 0.1) is 0 Å². The Kier molecular flexibility index (Phi) is 9.64. The van der Waals surface area contributed by atoms with Gasteiger partial charge >= 0.3 is 0 Å². The maximum atomic E-state index is 3.26. The summed E-state index contributed by atoms with van der Waals surface area (Å²) in [6.07, 6.45) is 5.51. The van der Waals surface area contributed by atoms with E-state index in [1.54, 1.807) is 0 Å². The molecule has 1 unspecified atom stereocenters. The van der Waals surface area contributed by atoms with E-state index in [9.17, 15) is 0 Å². The van der Waals surface area contributed by atoms with E-state index in [1.807, 2.05) is 7.05 Å². The highest BCUT2D eigenvalue weighted by atomic mass is 32.2. The molecule has 0 amide bonds. The highest BCUT2D eigenvalue weighted by molar-refractivity contribution is 7.99. The van der Waals surface area contributed by atoms with Crippen molar-refractivity contribution in [2.75, 3.05) is 18.6 Å². The van der Waals surface area contributed by atoms with E-state index in [0.717, 1.165) is 0 Å². The molecule has 0 saturated carbocycles. The number of hydrogen-bond acceptors (Lipinski definition) is 2. The standard InChI is InChI=1S/C10H23NS/c1-4-12-9-7-5-6-8-10(2)11-3/h10-11H,4-9H2,1-3H3. The van der Waals surface area contributed by atoms with Crippen LogP contribution >= 0.6 is 11.8 Å². The Morgan fingerprint density at radius 1 is 1.25 bits per heavy atom. The second-order valence-electron chi connectivity index (χ2n) is 3.24. The Morgan fingerprint density at radius 3 is 2.58 bits per heavy atom. The first kappa shape index (κ1) is 12.3. The molecule has 0 aromatic carbocycles. The van der Waals surface area contributed by atoms with Gasteiger partial charge in [0, 0.05) is 6.04 Å². The zero-order valence-electron chi connectivity index (χ0n) is 8.73. The number of unbranched alkanes of at least 4 members (excludes halogenated alkanes) is 2. The molecule has 0 aromatic heterocycles. The van der Waals surface area contributed by atoms with E-state index in [1.165, 1.54) is 37.2 Å². The molecular formula is C10H23NS.